The molecule has 2 aliphatic rings. The highest BCUT2D eigenvalue weighted by molar-refractivity contribution is 5.73. The van der Waals surface area contributed by atoms with Gasteiger partial charge in [0.2, 0.25) is 5.91 Å². The summed E-state index contributed by atoms with van der Waals surface area (Å²) in [6, 6.07) is 29.0. The number of carbonyl (C=O) groups excluding carboxylic acids is 1. The molecule has 3 aromatic rings. The number of ether oxygens (including phenoxy) is 5. The maximum Gasteiger partial charge on any atom is 0.217 e. The van der Waals surface area contributed by atoms with E-state index < -0.39 is 36.9 Å². The fraction of sp³-hybridized carbons (Fsp3) is 0.345. The Labute approximate surface area is 211 Å². The van der Waals surface area contributed by atoms with Gasteiger partial charge in [-0.1, -0.05) is 91.0 Å². The molecule has 0 radical (unpaired) electrons. The molecule has 2 fully saturated rings. The van der Waals surface area contributed by atoms with E-state index in [-0.39, 0.29) is 5.91 Å². The first-order valence-corrected chi connectivity index (χ1v) is 12.2. The van der Waals surface area contributed by atoms with E-state index in [1.165, 1.54) is 6.92 Å². The predicted molar refractivity (Wildman–Crippen MR) is 133 cm³/mol. The Morgan fingerprint density at radius 1 is 0.833 bits per heavy atom. The van der Waals surface area contributed by atoms with Gasteiger partial charge in [0.1, 0.15) is 24.4 Å². The lowest BCUT2D eigenvalue weighted by molar-refractivity contribution is -0.350. The van der Waals surface area contributed by atoms with Gasteiger partial charge in [0.25, 0.3) is 0 Å². The van der Waals surface area contributed by atoms with E-state index in [1.807, 2.05) is 91.0 Å². The van der Waals surface area contributed by atoms with Crippen LogP contribution in [0.1, 0.15) is 29.9 Å². The highest BCUT2D eigenvalue weighted by Gasteiger charge is 2.51. The Hall–Kier alpha value is -3.07. The van der Waals surface area contributed by atoms with Gasteiger partial charge in [0, 0.05) is 12.5 Å². The van der Waals surface area contributed by atoms with Crippen molar-refractivity contribution in [1.82, 2.24) is 5.32 Å². The van der Waals surface area contributed by atoms with Crippen LogP contribution in [-0.4, -0.2) is 43.2 Å². The number of fused-ring (bicyclic) bond motifs is 1. The Morgan fingerprint density at radius 3 is 2.03 bits per heavy atom. The molecule has 1 amide bonds. The van der Waals surface area contributed by atoms with Gasteiger partial charge in [-0.3, -0.25) is 4.79 Å². The molecule has 0 spiro atoms. The van der Waals surface area contributed by atoms with Gasteiger partial charge in [-0.15, -0.1) is 0 Å². The molecule has 7 nitrogen and oxygen atoms in total. The van der Waals surface area contributed by atoms with Crippen molar-refractivity contribution in [2.24, 2.45) is 0 Å². The predicted octanol–water partition coefficient (Wildman–Crippen LogP) is 4.13. The van der Waals surface area contributed by atoms with Crippen LogP contribution in [0, 0.1) is 0 Å². The zero-order chi connectivity index (χ0) is 24.7. The molecule has 0 bridgehead atoms. The second-order valence-corrected chi connectivity index (χ2v) is 9.00. The molecule has 2 saturated heterocycles. The highest BCUT2D eigenvalue weighted by atomic mass is 16.7. The van der Waals surface area contributed by atoms with Crippen molar-refractivity contribution >= 4 is 5.91 Å². The third-order valence-electron chi connectivity index (χ3n) is 6.32. The second-order valence-electron chi connectivity index (χ2n) is 9.00. The average Bonchev–Trinajstić information content (AvgIpc) is 2.92. The highest BCUT2D eigenvalue weighted by Crippen LogP contribution is 2.36. The minimum absolute atomic E-state index is 0.199. The molecule has 1 N–H and O–H groups in total. The molecule has 0 aliphatic carbocycles. The molecule has 0 saturated carbocycles. The van der Waals surface area contributed by atoms with Gasteiger partial charge in [-0.2, -0.15) is 0 Å². The molecular formula is C29H31NO6. The van der Waals surface area contributed by atoms with E-state index in [9.17, 15) is 4.79 Å². The summed E-state index contributed by atoms with van der Waals surface area (Å²) in [5, 5.41) is 3.01. The fourth-order valence-electron chi connectivity index (χ4n) is 4.60. The van der Waals surface area contributed by atoms with Gasteiger partial charge in [0.05, 0.1) is 19.8 Å². The van der Waals surface area contributed by atoms with Crippen LogP contribution in [0.2, 0.25) is 0 Å². The molecule has 0 aromatic heterocycles. The summed E-state index contributed by atoms with van der Waals surface area (Å²) in [6.07, 6.45) is -2.71. The largest absolute Gasteiger partial charge is 0.368 e. The number of carbonyl (C=O) groups is 1. The van der Waals surface area contributed by atoms with Crippen molar-refractivity contribution < 1.29 is 28.5 Å². The first-order valence-electron chi connectivity index (χ1n) is 12.2. The summed E-state index contributed by atoms with van der Waals surface area (Å²) in [4.78, 5) is 12.3. The van der Waals surface area contributed by atoms with Gasteiger partial charge in [-0.25, -0.2) is 0 Å². The average molecular weight is 490 g/mol. The third-order valence-corrected chi connectivity index (χ3v) is 6.32. The Balaban J connectivity index is 1.40. The monoisotopic (exact) mass is 489 g/mol. The van der Waals surface area contributed by atoms with Crippen LogP contribution >= 0.6 is 0 Å². The number of nitrogens with one attached hydrogen (secondary N) is 1. The summed E-state index contributed by atoms with van der Waals surface area (Å²) in [5.41, 5.74) is 2.94. The Morgan fingerprint density at radius 2 is 1.42 bits per heavy atom. The molecule has 5 rings (SSSR count). The molecule has 2 heterocycles. The third kappa shape index (κ3) is 6.00. The van der Waals surface area contributed by atoms with Crippen LogP contribution in [0.15, 0.2) is 91.0 Å². The second kappa shape index (κ2) is 11.8. The molecular weight excluding hydrogens is 458 g/mol. The smallest absolute Gasteiger partial charge is 0.217 e. The number of hydrogen-bond donors (Lipinski definition) is 1. The topological polar surface area (TPSA) is 75.3 Å². The number of rotatable bonds is 8. The van der Waals surface area contributed by atoms with Crippen molar-refractivity contribution in [1.29, 1.82) is 0 Å². The zero-order valence-corrected chi connectivity index (χ0v) is 20.2. The van der Waals surface area contributed by atoms with Crippen molar-refractivity contribution in [3.05, 3.63) is 108 Å². The standard InChI is InChI=1S/C29H31NO6/c1-20(31)30-25-27(32-17-21-11-5-2-6-12-21)26-24(19-34-28(36-26)23-15-9-4-10-16-23)35-29(25)33-18-22-13-7-3-8-14-22/h2-16,24-29H,17-19H2,1H3,(H,30,31)/t24-,25-,26-,27-,28-,29-/m1/s1. The quantitative estimate of drug-likeness (QED) is 0.513. The number of hydrogen-bond acceptors (Lipinski definition) is 6. The number of amides is 1. The Kier molecular flexibility index (Phi) is 8.05. The van der Waals surface area contributed by atoms with E-state index in [1.54, 1.807) is 0 Å². The van der Waals surface area contributed by atoms with Gasteiger partial charge in [0.15, 0.2) is 12.6 Å². The summed E-state index contributed by atoms with van der Waals surface area (Å²) in [6.45, 7) is 2.48. The summed E-state index contributed by atoms with van der Waals surface area (Å²) in [7, 11) is 0. The summed E-state index contributed by atoms with van der Waals surface area (Å²) < 4.78 is 31.4. The molecule has 0 unspecified atom stereocenters. The maximum absolute atomic E-state index is 12.3. The van der Waals surface area contributed by atoms with Crippen LogP contribution in [0.5, 0.6) is 0 Å². The van der Waals surface area contributed by atoms with Gasteiger partial charge < -0.3 is 29.0 Å². The zero-order valence-electron chi connectivity index (χ0n) is 20.2. The van der Waals surface area contributed by atoms with E-state index in [0.29, 0.717) is 19.8 Å². The SMILES string of the molecule is CC(=O)N[C@H]1[C@H](OCc2ccccc2)O[C@@H]2CO[C@@H](c3ccccc3)O[C@H]2[C@@H]1OCc1ccccc1. The van der Waals surface area contributed by atoms with E-state index in [4.69, 9.17) is 23.7 Å². The van der Waals surface area contributed by atoms with Crippen LogP contribution in [0.25, 0.3) is 0 Å². The van der Waals surface area contributed by atoms with Crippen molar-refractivity contribution in [3.8, 4) is 0 Å². The lowest BCUT2D eigenvalue weighted by Gasteiger charge is -2.49. The molecule has 6 atom stereocenters. The van der Waals surface area contributed by atoms with Crippen molar-refractivity contribution in [2.75, 3.05) is 6.61 Å². The molecule has 3 aromatic carbocycles. The van der Waals surface area contributed by atoms with E-state index >= 15 is 0 Å². The van der Waals surface area contributed by atoms with Crippen LogP contribution in [0.4, 0.5) is 0 Å². The lowest BCUT2D eigenvalue weighted by atomic mass is 9.95. The van der Waals surface area contributed by atoms with E-state index in [0.717, 1.165) is 16.7 Å². The number of benzene rings is 3. The maximum atomic E-state index is 12.3. The summed E-state index contributed by atoms with van der Waals surface area (Å²) >= 11 is 0. The molecule has 7 heteroatoms. The van der Waals surface area contributed by atoms with E-state index in [2.05, 4.69) is 5.32 Å². The molecule has 188 valence electrons. The van der Waals surface area contributed by atoms with Gasteiger partial charge >= 0.3 is 0 Å². The minimum atomic E-state index is -0.739. The normalized spacial score (nSPS) is 27.7. The first-order chi connectivity index (χ1) is 17.7. The molecule has 36 heavy (non-hydrogen) atoms. The van der Waals surface area contributed by atoms with Crippen molar-refractivity contribution in [3.63, 3.8) is 0 Å². The van der Waals surface area contributed by atoms with Crippen molar-refractivity contribution in [2.45, 2.75) is 57.1 Å². The molecule has 2 aliphatic heterocycles. The summed E-state index contributed by atoms with van der Waals surface area (Å²) in [5.74, 6) is -0.199. The van der Waals surface area contributed by atoms with Crippen LogP contribution < -0.4 is 5.32 Å². The fourth-order valence-corrected chi connectivity index (χ4v) is 4.60. The lowest BCUT2D eigenvalue weighted by Crippen LogP contribution is -2.67. The minimum Gasteiger partial charge on any atom is -0.368 e. The van der Waals surface area contributed by atoms with Crippen LogP contribution in [-0.2, 0) is 41.7 Å². The Bertz CT molecular complexity index is 1100. The first kappa shape index (κ1) is 24.6. The van der Waals surface area contributed by atoms with Crippen LogP contribution in [0.3, 0.4) is 0 Å². The van der Waals surface area contributed by atoms with Gasteiger partial charge in [-0.05, 0) is 11.1 Å².